The van der Waals surface area contributed by atoms with Gasteiger partial charge in [-0.2, -0.15) is 0 Å². The van der Waals surface area contributed by atoms with Crippen molar-refractivity contribution >= 4 is 33.5 Å². The summed E-state index contributed by atoms with van der Waals surface area (Å²) in [5.41, 5.74) is -4.14. The summed E-state index contributed by atoms with van der Waals surface area (Å²) >= 11 is 0. The number of ether oxygens (including phenoxy) is 1. The number of nitrogens with zero attached hydrogens (tertiary/aromatic N) is 2. The maximum atomic E-state index is 13.5. The molecule has 11 heteroatoms. The Labute approximate surface area is 249 Å². The molecule has 0 radical (unpaired) electrons. The summed E-state index contributed by atoms with van der Waals surface area (Å²) < 4.78 is 7.57. The minimum atomic E-state index is -1.46. The number of hydrogen-bond donors (Lipinski definition) is 2. The van der Waals surface area contributed by atoms with Crippen LogP contribution in [0.15, 0.2) is 67.7 Å². The highest BCUT2D eigenvalue weighted by atomic mass is 16.5. The SMILES string of the molecule is CCC(C)(C)c1ccc(Oc2ccc(-n3c(=O)c4cc5c(=O)n(C(C)(C)C)c(=O)c5cc4c3=O)c(C(=O)O)c2)cc1C(=O)O. The number of benzene rings is 3. The third-order valence-corrected chi connectivity index (χ3v) is 8.07. The van der Waals surface area contributed by atoms with Gasteiger partial charge < -0.3 is 14.9 Å². The number of aromatic carboxylic acids is 2. The average Bonchev–Trinajstić information content (AvgIpc) is 3.35. The molecule has 0 aliphatic rings. The summed E-state index contributed by atoms with van der Waals surface area (Å²) in [7, 11) is 0. The Morgan fingerprint density at radius 1 is 0.682 bits per heavy atom. The molecule has 5 rings (SSSR count). The smallest absolute Gasteiger partial charge is 0.337 e. The van der Waals surface area contributed by atoms with Gasteiger partial charge in [-0.05, 0) is 80.6 Å². The first-order valence-corrected chi connectivity index (χ1v) is 13.9. The van der Waals surface area contributed by atoms with E-state index in [2.05, 4.69) is 0 Å². The van der Waals surface area contributed by atoms with Gasteiger partial charge in [0, 0.05) is 5.54 Å². The van der Waals surface area contributed by atoms with Crippen LogP contribution in [0.3, 0.4) is 0 Å². The number of carbonyl (C=O) groups is 2. The summed E-state index contributed by atoms with van der Waals surface area (Å²) in [4.78, 5) is 77.3. The van der Waals surface area contributed by atoms with Crippen LogP contribution in [0.5, 0.6) is 11.5 Å². The third-order valence-electron chi connectivity index (χ3n) is 8.07. The molecule has 0 saturated carbocycles. The van der Waals surface area contributed by atoms with Crippen molar-refractivity contribution in [3.05, 3.63) is 107 Å². The summed E-state index contributed by atoms with van der Waals surface area (Å²) in [6.07, 6.45) is 0.694. The van der Waals surface area contributed by atoms with E-state index in [1.54, 1.807) is 32.9 Å². The summed E-state index contributed by atoms with van der Waals surface area (Å²) in [6.45, 7) is 10.9. The fourth-order valence-electron chi connectivity index (χ4n) is 5.43. The van der Waals surface area contributed by atoms with Crippen molar-refractivity contribution in [2.75, 3.05) is 0 Å². The first-order chi connectivity index (χ1) is 20.5. The molecule has 0 amide bonds. The van der Waals surface area contributed by atoms with Crippen molar-refractivity contribution in [1.82, 2.24) is 9.13 Å². The molecule has 0 unspecified atom stereocenters. The third kappa shape index (κ3) is 4.70. The number of aromatic nitrogens is 2. The molecule has 3 aromatic carbocycles. The van der Waals surface area contributed by atoms with E-state index in [4.69, 9.17) is 4.74 Å². The second-order valence-corrected chi connectivity index (χ2v) is 12.3. The average molecular weight is 599 g/mol. The zero-order valence-corrected chi connectivity index (χ0v) is 25.0. The molecule has 0 saturated heterocycles. The Morgan fingerprint density at radius 3 is 1.59 bits per heavy atom. The normalized spacial score (nSPS) is 12.2. The largest absolute Gasteiger partial charge is 0.478 e. The van der Waals surface area contributed by atoms with E-state index in [0.29, 0.717) is 16.6 Å². The molecule has 44 heavy (non-hydrogen) atoms. The topological polar surface area (TPSA) is 162 Å². The number of hydrogen-bond acceptors (Lipinski definition) is 7. The number of fused-ring (bicyclic) bond motifs is 2. The van der Waals surface area contributed by atoms with Gasteiger partial charge in [-0.15, -0.1) is 0 Å². The van der Waals surface area contributed by atoms with Gasteiger partial charge in [-0.25, -0.2) is 14.2 Å². The molecule has 0 fully saturated rings. The molecular weight excluding hydrogens is 568 g/mol. The molecule has 226 valence electrons. The van der Waals surface area contributed by atoms with Crippen LogP contribution in [0.4, 0.5) is 0 Å². The minimum absolute atomic E-state index is 0.0112. The lowest BCUT2D eigenvalue weighted by molar-refractivity contribution is 0.0684. The van der Waals surface area contributed by atoms with E-state index >= 15 is 0 Å². The lowest BCUT2D eigenvalue weighted by atomic mass is 9.79. The fraction of sp³-hybridized carbons (Fsp3) is 0.273. The highest BCUT2D eigenvalue weighted by molar-refractivity contribution is 5.99. The highest BCUT2D eigenvalue weighted by Gasteiger charge is 2.27. The van der Waals surface area contributed by atoms with Crippen LogP contribution in [0.25, 0.3) is 27.2 Å². The van der Waals surface area contributed by atoms with Crippen LogP contribution in [-0.4, -0.2) is 31.3 Å². The van der Waals surface area contributed by atoms with Gasteiger partial charge in [0.05, 0.1) is 38.4 Å². The van der Waals surface area contributed by atoms with Crippen LogP contribution in [0.1, 0.15) is 74.2 Å². The van der Waals surface area contributed by atoms with Gasteiger partial charge >= 0.3 is 11.9 Å². The van der Waals surface area contributed by atoms with Gasteiger partial charge in [0.25, 0.3) is 22.2 Å². The molecule has 2 aromatic heterocycles. The lowest BCUT2D eigenvalue weighted by Gasteiger charge is -2.25. The molecule has 2 N–H and O–H groups in total. The van der Waals surface area contributed by atoms with Crippen molar-refractivity contribution in [2.45, 2.75) is 58.9 Å². The van der Waals surface area contributed by atoms with Crippen LogP contribution in [-0.2, 0) is 11.0 Å². The minimum Gasteiger partial charge on any atom is -0.478 e. The molecule has 5 aromatic rings. The van der Waals surface area contributed by atoms with Gasteiger partial charge in [-0.3, -0.25) is 23.7 Å². The molecule has 2 heterocycles. The molecule has 0 bridgehead atoms. The van der Waals surface area contributed by atoms with Crippen molar-refractivity contribution < 1.29 is 24.5 Å². The van der Waals surface area contributed by atoms with Crippen LogP contribution in [0.2, 0.25) is 0 Å². The van der Waals surface area contributed by atoms with E-state index in [0.717, 1.165) is 10.6 Å². The number of carboxylic acid groups (broad SMARTS) is 2. The Hall–Kier alpha value is -5.32. The van der Waals surface area contributed by atoms with Crippen LogP contribution >= 0.6 is 0 Å². The van der Waals surface area contributed by atoms with Crippen molar-refractivity contribution in [3.8, 4) is 17.2 Å². The summed E-state index contributed by atoms with van der Waals surface area (Å²) in [6, 6.07) is 10.7. The molecule has 11 nitrogen and oxygen atoms in total. The monoisotopic (exact) mass is 598 g/mol. The van der Waals surface area contributed by atoms with E-state index < -0.39 is 50.7 Å². The maximum Gasteiger partial charge on any atom is 0.337 e. The Balaban J connectivity index is 1.63. The van der Waals surface area contributed by atoms with Crippen molar-refractivity contribution in [3.63, 3.8) is 0 Å². The first-order valence-electron chi connectivity index (χ1n) is 13.9. The van der Waals surface area contributed by atoms with E-state index in [9.17, 15) is 39.0 Å². The van der Waals surface area contributed by atoms with Gasteiger partial charge in [0.1, 0.15) is 11.5 Å². The predicted octanol–water partition coefficient (Wildman–Crippen LogP) is 4.53. The Bertz CT molecular complexity index is 2160. The Morgan fingerprint density at radius 2 is 1.14 bits per heavy atom. The Kier molecular flexibility index (Phi) is 6.95. The predicted molar refractivity (Wildman–Crippen MR) is 165 cm³/mol. The lowest BCUT2D eigenvalue weighted by Crippen LogP contribution is -2.38. The summed E-state index contributed by atoms with van der Waals surface area (Å²) in [5.74, 6) is -2.42. The second kappa shape index (κ2) is 10.1. The van der Waals surface area contributed by atoms with Crippen LogP contribution in [0, 0.1) is 0 Å². The van der Waals surface area contributed by atoms with Crippen molar-refractivity contribution in [2.24, 2.45) is 0 Å². The quantitative estimate of drug-likeness (QED) is 0.274. The zero-order valence-electron chi connectivity index (χ0n) is 25.0. The van der Waals surface area contributed by atoms with Gasteiger partial charge in [0.15, 0.2) is 0 Å². The van der Waals surface area contributed by atoms with E-state index in [1.165, 1.54) is 30.3 Å². The molecule has 0 atom stereocenters. The number of rotatable bonds is 7. The molecule has 0 aliphatic carbocycles. The first kappa shape index (κ1) is 30.1. The van der Waals surface area contributed by atoms with Crippen LogP contribution < -0.4 is 27.0 Å². The molecule has 0 aliphatic heterocycles. The van der Waals surface area contributed by atoms with Gasteiger partial charge in [-0.1, -0.05) is 26.8 Å². The molecular formula is C33H30N2O9. The maximum absolute atomic E-state index is 13.5. The van der Waals surface area contributed by atoms with E-state index in [1.807, 2.05) is 20.8 Å². The second-order valence-electron chi connectivity index (χ2n) is 12.3. The van der Waals surface area contributed by atoms with E-state index in [-0.39, 0.29) is 44.3 Å². The number of carboxylic acids is 2. The van der Waals surface area contributed by atoms with Crippen molar-refractivity contribution in [1.29, 1.82) is 0 Å². The fourth-order valence-corrected chi connectivity index (χ4v) is 5.43. The van der Waals surface area contributed by atoms with Gasteiger partial charge in [0.2, 0.25) is 0 Å². The highest BCUT2D eigenvalue weighted by Crippen LogP contribution is 2.34. The molecule has 0 spiro atoms. The zero-order chi connectivity index (χ0) is 32.5. The summed E-state index contributed by atoms with van der Waals surface area (Å²) in [5, 5.41) is 19.5. The standard InChI is InChI=1S/C33H30N2O9/c1-7-33(5,6)24-10-8-16(12-22(24)30(40)41)44-17-9-11-25(23(13-17)31(42)43)34-26(36)18-14-20-21(15-19(18)27(34)37)29(39)35(28(20)38)32(2,3)4/h8-15H,7H2,1-6H3,(H,40,41)(H,42,43).